The number of methoxy groups -OCH3 is 2. The predicted molar refractivity (Wildman–Crippen MR) is 102 cm³/mol. The molecule has 0 radical (unpaired) electrons. The van der Waals surface area contributed by atoms with Crippen molar-refractivity contribution in [2.24, 2.45) is 4.99 Å². The molecule has 1 atom stereocenters. The van der Waals surface area contributed by atoms with Crippen LogP contribution in [0.5, 0.6) is 17.4 Å². The first kappa shape index (κ1) is 19.4. The highest BCUT2D eigenvalue weighted by molar-refractivity contribution is 5.79. The minimum Gasteiger partial charge on any atom is -0.497 e. The van der Waals surface area contributed by atoms with E-state index in [1.807, 2.05) is 43.3 Å². The summed E-state index contributed by atoms with van der Waals surface area (Å²) in [6, 6.07) is 11.4. The van der Waals surface area contributed by atoms with Gasteiger partial charge in [-0.1, -0.05) is 6.07 Å². The van der Waals surface area contributed by atoms with Crippen molar-refractivity contribution in [3.8, 4) is 17.4 Å². The van der Waals surface area contributed by atoms with Gasteiger partial charge in [0.25, 0.3) is 0 Å². The predicted octanol–water partition coefficient (Wildman–Crippen LogP) is 2.23. The van der Waals surface area contributed by atoms with Crippen LogP contribution in [0.15, 0.2) is 47.6 Å². The molecule has 1 aromatic carbocycles. The van der Waals surface area contributed by atoms with Gasteiger partial charge in [-0.2, -0.15) is 0 Å². The average Bonchev–Trinajstić information content (AvgIpc) is 2.68. The number of ether oxygens (including phenoxy) is 3. The maximum absolute atomic E-state index is 5.89. The molecule has 0 saturated heterocycles. The van der Waals surface area contributed by atoms with Crippen LogP contribution in [0.3, 0.4) is 0 Å². The van der Waals surface area contributed by atoms with E-state index in [9.17, 15) is 0 Å². The quantitative estimate of drug-likeness (QED) is 0.557. The fourth-order valence-electron chi connectivity index (χ4n) is 2.27. The Kier molecular flexibility index (Phi) is 7.54. The van der Waals surface area contributed by atoms with Crippen molar-refractivity contribution in [1.29, 1.82) is 0 Å². The lowest BCUT2D eigenvalue weighted by molar-refractivity contribution is 0.223. The van der Waals surface area contributed by atoms with Gasteiger partial charge in [-0.05, 0) is 30.7 Å². The molecule has 0 spiro atoms. The SMILES string of the molecule is CN=C(NCc1ccnc(OC)c1)NCC(C)Oc1cccc(OC)c1. The third-order valence-corrected chi connectivity index (χ3v) is 3.63. The van der Waals surface area contributed by atoms with E-state index in [4.69, 9.17) is 14.2 Å². The fourth-order valence-corrected chi connectivity index (χ4v) is 2.27. The third kappa shape index (κ3) is 6.16. The number of guanidine groups is 1. The third-order valence-electron chi connectivity index (χ3n) is 3.63. The molecule has 140 valence electrons. The summed E-state index contributed by atoms with van der Waals surface area (Å²) < 4.78 is 16.2. The summed E-state index contributed by atoms with van der Waals surface area (Å²) in [7, 11) is 4.97. The molecule has 2 N–H and O–H groups in total. The summed E-state index contributed by atoms with van der Waals surface area (Å²) in [6.07, 6.45) is 1.68. The number of hydrogen-bond donors (Lipinski definition) is 2. The molecule has 7 nitrogen and oxygen atoms in total. The Hall–Kier alpha value is -2.96. The number of nitrogens with one attached hydrogen (secondary N) is 2. The van der Waals surface area contributed by atoms with Crippen molar-refractivity contribution < 1.29 is 14.2 Å². The lowest BCUT2D eigenvalue weighted by atomic mass is 10.2. The second-order valence-electron chi connectivity index (χ2n) is 5.62. The number of nitrogens with zero attached hydrogens (tertiary/aromatic N) is 2. The van der Waals surface area contributed by atoms with Crippen molar-refractivity contribution >= 4 is 5.96 Å². The van der Waals surface area contributed by atoms with Crippen LogP contribution >= 0.6 is 0 Å². The van der Waals surface area contributed by atoms with Crippen molar-refractivity contribution in [1.82, 2.24) is 15.6 Å². The molecule has 0 aliphatic rings. The van der Waals surface area contributed by atoms with Crippen LogP contribution in [0.4, 0.5) is 0 Å². The first-order chi connectivity index (χ1) is 12.6. The van der Waals surface area contributed by atoms with Gasteiger partial charge in [-0.25, -0.2) is 4.98 Å². The van der Waals surface area contributed by atoms with E-state index >= 15 is 0 Å². The van der Waals surface area contributed by atoms with E-state index in [2.05, 4.69) is 20.6 Å². The van der Waals surface area contributed by atoms with Gasteiger partial charge >= 0.3 is 0 Å². The molecule has 0 bridgehead atoms. The van der Waals surface area contributed by atoms with Crippen LogP contribution in [0, 0.1) is 0 Å². The van der Waals surface area contributed by atoms with Gasteiger partial charge in [-0.15, -0.1) is 0 Å². The minimum atomic E-state index is -0.0401. The highest BCUT2D eigenvalue weighted by atomic mass is 16.5. The smallest absolute Gasteiger partial charge is 0.213 e. The summed E-state index contributed by atoms with van der Waals surface area (Å²) in [4.78, 5) is 8.32. The van der Waals surface area contributed by atoms with E-state index in [1.165, 1.54) is 0 Å². The lowest BCUT2D eigenvalue weighted by Crippen LogP contribution is -2.41. The van der Waals surface area contributed by atoms with E-state index in [1.54, 1.807) is 27.5 Å². The second-order valence-corrected chi connectivity index (χ2v) is 5.62. The summed E-state index contributed by atoms with van der Waals surface area (Å²) in [5.74, 6) is 2.83. The van der Waals surface area contributed by atoms with Crippen molar-refractivity contribution in [2.45, 2.75) is 19.6 Å². The Morgan fingerprint density at radius 3 is 2.65 bits per heavy atom. The Labute approximate surface area is 154 Å². The molecule has 0 fully saturated rings. The molecule has 7 heteroatoms. The maximum atomic E-state index is 5.89. The molecule has 2 aromatic rings. The van der Waals surface area contributed by atoms with Crippen LogP contribution < -0.4 is 24.8 Å². The zero-order chi connectivity index (χ0) is 18.8. The van der Waals surface area contributed by atoms with Gasteiger partial charge in [0.15, 0.2) is 5.96 Å². The van der Waals surface area contributed by atoms with E-state index in [0.717, 1.165) is 17.1 Å². The molecular weight excluding hydrogens is 332 g/mol. The van der Waals surface area contributed by atoms with Crippen LogP contribution in [-0.2, 0) is 6.54 Å². The number of aromatic nitrogens is 1. The Bertz CT molecular complexity index is 721. The molecule has 0 amide bonds. The Balaban J connectivity index is 1.80. The standard InChI is InChI=1S/C19H26N4O3/c1-14(26-17-7-5-6-16(11-17)24-3)12-22-19(20-2)23-13-15-8-9-21-18(10-15)25-4/h5-11,14H,12-13H2,1-4H3,(H2,20,22,23). The number of rotatable bonds is 8. The van der Waals surface area contributed by atoms with Gasteiger partial charge < -0.3 is 24.8 Å². The summed E-state index contributed by atoms with van der Waals surface area (Å²) >= 11 is 0. The topological polar surface area (TPSA) is 77.0 Å². The van der Waals surface area contributed by atoms with Crippen molar-refractivity contribution in [3.63, 3.8) is 0 Å². The van der Waals surface area contributed by atoms with E-state index in [0.29, 0.717) is 24.9 Å². The molecule has 2 rings (SSSR count). The average molecular weight is 358 g/mol. The number of pyridine rings is 1. The molecule has 0 aliphatic carbocycles. The van der Waals surface area contributed by atoms with Gasteiger partial charge in [0.05, 0.1) is 20.8 Å². The van der Waals surface area contributed by atoms with Crippen molar-refractivity contribution in [2.75, 3.05) is 27.8 Å². The normalized spacial score (nSPS) is 12.2. The summed E-state index contributed by atoms with van der Waals surface area (Å²) in [5.41, 5.74) is 1.06. The highest BCUT2D eigenvalue weighted by Crippen LogP contribution is 2.19. The molecular formula is C19H26N4O3. The van der Waals surface area contributed by atoms with E-state index in [-0.39, 0.29) is 6.10 Å². The monoisotopic (exact) mass is 358 g/mol. The van der Waals surface area contributed by atoms with E-state index < -0.39 is 0 Å². The van der Waals surface area contributed by atoms with Crippen LogP contribution in [-0.4, -0.2) is 44.9 Å². The Morgan fingerprint density at radius 1 is 1.12 bits per heavy atom. The van der Waals surface area contributed by atoms with Gasteiger partial charge in [0.1, 0.15) is 17.6 Å². The summed E-state index contributed by atoms with van der Waals surface area (Å²) in [6.45, 7) is 3.22. The molecule has 0 aliphatic heterocycles. The molecule has 1 aromatic heterocycles. The molecule has 1 heterocycles. The maximum Gasteiger partial charge on any atom is 0.213 e. The summed E-state index contributed by atoms with van der Waals surface area (Å²) in [5, 5.41) is 6.51. The number of benzene rings is 1. The number of hydrogen-bond acceptors (Lipinski definition) is 5. The zero-order valence-corrected chi connectivity index (χ0v) is 15.7. The highest BCUT2D eigenvalue weighted by Gasteiger charge is 2.07. The van der Waals surface area contributed by atoms with Crippen molar-refractivity contribution in [3.05, 3.63) is 48.2 Å². The first-order valence-electron chi connectivity index (χ1n) is 8.38. The minimum absolute atomic E-state index is 0.0401. The van der Waals surface area contributed by atoms with Crippen LogP contribution in [0.1, 0.15) is 12.5 Å². The Morgan fingerprint density at radius 2 is 1.92 bits per heavy atom. The molecule has 0 saturated carbocycles. The first-order valence-corrected chi connectivity index (χ1v) is 8.38. The lowest BCUT2D eigenvalue weighted by Gasteiger charge is -2.18. The van der Waals surface area contributed by atoms with Crippen LogP contribution in [0.2, 0.25) is 0 Å². The van der Waals surface area contributed by atoms with Gasteiger partial charge in [0.2, 0.25) is 5.88 Å². The molecule has 1 unspecified atom stereocenters. The van der Waals surface area contributed by atoms with Gasteiger partial charge in [0, 0.05) is 31.9 Å². The largest absolute Gasteiger partial charge is 0.497 e. The number of aliphatic imine (C=N–C) groups is 1. The van der Waals surface area contributed by atoms with Crippen LogP contribution in [0.25, 0.3) is 0 Å². The van der Waals surface area contributed by atoms with Gasteiger partial charge in [-0.3, -0.25) is 4.99 Å². The fraction of sp³-hybridized carbons (Fsp3) is 0.368. The second kappa shape index (κ2) is 10.1. The molecule has 26 heavy (non-hydrogen) atoms. The zero-order valence-electron chi connectivity index (χ0n) is 15.7.